The number of nitrogens with zero attached hydrogens (tertiary/aromatic N) is 2. The third-order valence-corrected chi connectivity index (χ3v) is 7.81. The Morgan fingerprint density at radius 2 is 1.51 bits per heavy atom. The van der Waals surface area contributed by atoms with Crippen LogP contribution in [0, 0.1) is 11.8 Å². The molecule has 3 atom stereocenters. The van der Waals surface area contributed by atoms with E-state index in [4.69, 9.17) is 42.5 Å². The zero-order chi connectivity index (χ0) is 27.7. The largest absolute Gasteiger partial charge is 0.493 e. The number of ether oxygens (including phenoxy) is 3. The van der Waals surface area contributed by atoms with Crippen molar-refractivity contribution in [2.24, 2.45) is 16.9 Å². The molecule has 5 rings (SSSR count). The van der Waals surface area contributed by atoms with E-state index < -0.39 is 0 Å². The number of benzene rings is 3. The van der Waals surface area contributed by atoms with Crippen molar-refractivity contribution in [1.29, 1.82) is 0 Å². The van der Waals surface area contributed by atoms with Crippen LogP contribution in [-0.2, 0) is 0 Å². The van der Waals surface area contributed by atoms with Crippen LogP contribution in [0.3, 0.4) is 0 Å². The molecule has 6 nitrogen and oxygen atoms in total. The molecule has 39 heavy (non-hydrogen) atoms. The molecule has 1 amide bonds. The number of carbonyl (C=O) groups is 1. The fourth-order valence-electron chi connectivity index (χ4n) is 5.55. The average molecular weight is 565 g/mol. The molecule has 202 valence electrons. The molecule has 8 heteroatoms. The van der Waals surface area contributed by atoms with Crippen molar-refractivity contribution in [3.8, 4) is 17.2 Å². The topological polar surface area (TPSA) is 60.4 Å². The highest BCUT2D eigenvalue weighted by Gasteiger charge is 2.45. The van der Waals surface area contributed by atoms with E-state index in [0.29, 0.717) is 38.8 Å². The number of amides is 1. The second-order valence-corrected chi connectivity index (χ2v) is 10.8. The Balaban J connectivity index is 1.62. The van der Waals surface area contributed by atoms with E-state index in [1.165, 1.54) is 21.3 Å². The first-order valence-electron chi connectivity index (χ1n) is 12.8. The summed E-state index contributed by atoms with van der Waals surface area (Å²) in [4.78, 5) is 14.2. The molecule has 0 aromatic heterocycles. The Morgan fingerprint density at radius 1 is 0.923 bits per heavy atom. The zero-order valence-electron chi connectivity index (χ0n) is 22.3. The number of rotatable bonds is 6. The van der Waals surface area contributed by atoms with Crippen LogP contribution in [0.1, 0.15) is 47.3 Å². The number of hydrazone groups is 1. The van der Waals surface area contributed by atoms with E-state index in [0.717, 1.165) is 35.3 Å². The summed E-state index contributed by atoms with van der Waals surface area (Å²) in [6.45, 7) is 2.25. The Morgan fingerprint density at radius 3 is 2.08 bits per heavy atom. The number of halogens is 2. The molecular formula is C31H30Cl2N2O4. The molecule has 3 aromatic rings. The summed E-state index contributed by atoms with van der Waals surface area (Å²) in [5, 5.41) is 7.95. The maximum Gasteiger partial charge on any atom is 0.274 e. The van der Waals surface area contributed by atoms with E-state index in [-0.39, 0.29) is 17.9 Å². The second kappa shape index (κ2) is 11.3. The number of hydrogen-bond acceptors (Lipinski definition) is 5. The Kier molecular flexibility index (Phi) is 7.87. The van der Waals surface area contributed by atoms with Gasteiger partial charge in [0.05, 0.1) is 33.1 Å². The predicted molar refractivity (Wildman–Crippen MR) is 155 cm³/mol. The first-order chi connectivity index (χ1) is 18.8. The lowest BCUT2D eigenvalue weighted by atomic mass is 9.73. The number of allylic oxidation sites excluding steroid dienone is 1. The van der Waals surface area contributed by atoms with E-state index in [2.05, 4.69) is 13.0 Å². The SMILES string of the molecule is COc1cc(C(=O)N2N=C3/C(=C/c4ccc(Cl)cc4)C[C@H](C)C[C@H]3[C@@H]2c2ccc(Cl)cc2)cc(OC)c1OC. The normalized spacial score (nSPS) is 21.4. The third kappa shape index (κ3) is 5.36. The summed E-state index contributed by atoms with van der Waals surface area (Å²) in [6, 6.07) is 18.4. The van der Waals surface area contributed by atoms with Gasteiger partial charge in [-0.15, -0.1) is 0 Å². The number of carbonyl (C=O) groups excluding carboxylic acids is 1. The molecule has 0 bridgehead atoms. The molecule has 1 fully saturated rings. The fraction of sp³-hybridized carbons (Fsp3) is 0.290. The van der Waals surface area contributed by atoms with Gasteiger partial charge in [0.2, 0.25) is 5.75 Å². The van der Waals surface area contributed by atoms with Crippen LogP contribution in [-0.4, -0.2) is 38.0 Å². The summed E-state index contributed by atoms with van der Waals surface area (Å²) in [6.07, 6.45) is 3.94. The van der Waals surface area contributed by atoms with E-state index >= 15 is 0 Å². The van der Waals surface area contributed by atoms with Crippen molar-refractivity contribution in [3.63, 3.8) is 0 Å². The van der Waals surface area contributed by atoms with Crippen molar-refractivity contribution in [1.82, 2.24) is 5.01 Å². The molecular weight excluding hydrogens is 535 g/mol. The molecule has 0 unspecified atom stereocenters. The van der Waals surface area contributed by atoms with Crippen molar-refractivity contribution >= 4 is 40.9 Å². The van der Waals surface area contributed by atoms with Gasteiger partial charge < -0.3 is 14.2 Å². The highest BCUT2D eigenvalue weighted by atomic mass is 35.5. The molecule has 1 saturated carbocycles. The summed E-state index contributed by atoms with van der Waals surface area (Å²) in [5.74, 6) is 1.43. The molecule has 1 heterocycles. The third-order valence-electron chi connectivity index (χ3n) is 7.31. The lowest BCUT2D eigenvalue weighted by Crippen LogP contribution is -2.33. The van der Waals surface area contributed by atoms with Gasteiger partial charge in [0, 0.05) is 21.5 Å². The van der Waals surface area contributed by atoms with Gasteiger partial charge in [-0.2, -0.15) is 5.10 Å². The minimum atomic E-state index is -0.291. The van der Waals surface area contributed by atoms with Crippen molar-refractivity contribution in [2.75, 3.05) is 21.3 Å². The van der Waals surface area contributed by atoms with Crippen LogP contribution in [0.2, 0.25) is 10.0 Å². The summed E-state index contributed by atoms with van der Waals surface area (Å²) < 4.78 is 16.5. The number of methoxy groups -OCH3 is 3. The van der Waals surface area contributed by atoms with Crippen molar-refractivity contribution < 1.29 is 19.0 Å². The quantitative estimate of drug-likeness (QED) is 0.307. The van der Waals surface area contributed by atoms with E-state index in [1.807, 2.05) is 48.5 Å². The van der Waals surface area contributed by atoms with Gasteiger partial charge in [-0.25, -0.2) is 5.01 Å². The van der Waals surface area contributed by atoms with Crippen LogP contribution >= 0.6 is 23.2 Å². The van der Waals surface area contributed by atoms with Crippen molar-refractivity contribution in [2.45, 2.75) is 25.8 Å². The van der Waals surface area contributed by atoms with Gasteiger partial charge in [0.25, 0.3) is 5.91 Å². The van der Waals surface area contributed by atoms with Crippen LogP contribution in [0.15, 0.2) is 71.3 Å². The fourth-order valence-corrected chi connectivity index (χ4v) is 5.80. The Labute approximate surface area is 238 Å². The summed E-state index contributed by atoms with van der Waals surface area (Å²) in [5.41, 5.74) is 4.47. The summed E-state index contributed by atoms with van der Waals surface area (Å²) >= 11 is 12.3. The van der Waals surface area contributed by atoms with Crippen LogP contribution in [0.4, 0.5) is 0 Å². The molecule has 3 aromatic carbocycles. The molecule has 1 aliphatic carbocycles. The van der Waals surface area contributed by atoms with Crippen molar-refractivity contribution in [3.05, 3.63) is 93.0 Å². The van der Waals surface area contributed by atoms with Gasteiger partial charge in [-0.3, -0.25) is 4.79 Å². The van der Waals surface area contributed by atoms with E-state index in [9.17, 15) is 4.79 Å². The monoisotopic (exact) mass is 564 g/mol. The van der Waals surface area contributed by atoms with Gasteiger partial charge in [0.1, 0.15) is 0 Å². The van der Waals surface area contributed by atoms with Crippen LogP contribution < -0.4 is 14.2 Å². The lowest BCUT2D eigenvalue weighted by molar-refractivity contribution is 0.0675. The van der Waals surface area contributed by atoms with E-state index in [1.54, 1.807) is 17.1 Å². The number of hydrogen-bond donors (Lipinski definition) is 0. The first kappa shape index (κ1) is 27.1. The van der Waals surface area contributed by atoms with Crippen LogP contribution in [0.5, 0.6) is 17.2 Å². The Hall–Kier alpha value is -3.48. The average Bonchev–Trinajstić information content (AvgIpc) is 3.32. The summed E-state index contributed by atoms with van der Waals surface area (Å²) in [7, 11) is 4.59. The van der Waals surface area contributed by atoms with Gasteiger partial charge >= 0.3 is 0 Å². The zero-order valence-corrected chi connectivity index (χ0v) is 23.8. The Bertz CT molecular complexity index is 1410. The smallest absolute Gasteiger partial charge is 0.274 e. The predicted octanol–water partition coefficient (Wildman–Crippen LogP) is 7.70. The molecule has 0 radical (unpaired) electrons. The van der Waals surface area contributed by atoms with Gasteiger partial charge in [0.15, 0.2) is 11.5 Å². The maximum atomic E-state index is 14.2. The highest BCUT2D eigenvalue weighted by Crippen LogP contribution is 2.47. The van der Waals surface area contributed by atoms with Crippen LogP contribution in [0.25, 0.3) is 6.08 Å². The van der Waals surface area contributed by atoms with Gasteiger partial charge in [-0.1, -0.05) is 54.4 Å². The standard InChI is InChI=1S/C31H30Cl2N2O4/c1-18-13-21(15-19-5-9-23(32)10-6-19)28-25(14-18)29(20-7-11-24(33)12-8-20)35(34-28)31(36)22-16-26(37-2)30(39-4)27(17-22)38-3/h5-12,15-18,25,29H,13-14H2,1-4H3/b21-15+/t18-,25+,29-/m0/s1. The van der Waals surface area contributed by atoms with Gasteiger partial charge in [-0.05, 0) is 77.9 Å². The lowest BCUT2D eigenvalue weighted by Gasteiger charge is -2.32. The molecule has 2 aliphatic rings. The minimum absolute atomic E-state index is 0.0273. The molecule has 1 aliphatic heterocycles. The molecule has 0 spiro atoms. The highest BCUT2D eigenvalue weighted by molar-refractivity contribution is 6.30. The maximum absolute atomic E-state index is 14.2. The second-order valence-electron chi connectivity index (χ2n) is 9.92. The first-order valence-corrected chi connectivity index (χ1v) is 13.5. The molecule has 0 N–H and O–H groups in total. The minimum Gasteiger partial charge on any atom is -0.493 e. The number of fused-ring (bicyclic) bond motifs is 1. The molecule has 0 saturated heterocycles.